The first kappa shape index (κ1) is 18.0. The number of benzene rings is 1. The average molecular weight is 373 g/mol. The molecule has 2 unspecified atom stereocenters. The van der Waals surface area contributed by atoms with Crippen LogP contribution in [-0.4, -0.2) is 35.1 Å². The third kappa shape index (κ3) is 3.44. The van der Waals surface area contributed by atoms with Crippen molar-refractivity contribution in [1.29, 1.82) is 0 Å². The van der Waals surface area contributed by atoms with Gasteiger partial charge in [0.1, 0.15) is 11.6 Å². The number of ether oxygens (including phenoxy) is 2. The molecule has 3 heterocycles. The number of fused-ring (bicyclic) bond motifs is 1. The van der Waals surface area contributed by atoms with E-state index in [2.05, 4.69) is 4.98 Å². The molecule has 2 aromatic heterocycles. The SMILES string of the molecule is COCC(c1cc(F)ccc1F)c1nn(C2CCCCO2)c2cnccc12. The Morgan fingerprint density at radius 1 is 1.30 bits per heavy atom. The second-order valence-electron chi connectivity index (χ2n) is 6.72. The van der Waals surface area contributed by atoms with Crippen molar-refractivity contribution >= 4 is 10.9 Å². The molecule has 7 heteroatoms. The van der Waals surface area contributed by atoms with Gasteiger partial charge in [-0.1, -0.05) is 0 Å². The minimum atomic E-state index is -0.541. The first-order chi connectivity index (χ1) is 13.2. The van der Waals surface area contributed by atoms with Crippen molar-refractivity contribution in [3.8, 4) is 0 Å². The molecule has 0 amide bonds. The molecule has 1 fully saturated rings. The lowest BCUT2D eigenvalue weighted by Crippen LogP contribution is -2.20. The molecule has 4 rings (SSSR count). The number of methoxy groups -OCH3 is 1. The largest absolute Gasteiger partial charge is 0.384 e. The van der Waals surface area contributed by atoms with E-state index < -0.39 is 17.6 Å². The first-order valence-electron chi connectivity index (χ1n) is 9.06. The maximum atomic E-state index is 14.5. The zero-order valence-electron chi connectivity index (χ0n) is 15.1. The van der Waals surface area contributed by atoms with Crippen LogP contribution in [0.5, 0.6) is 0 Å². The molecule has 27 heavy (non-hydrogen) atoms. The molecule has 2 atom stereocenters. The number of hydrogen-bond donors (Lipinski definition) is 0. The highest BCUT2D eigenvalue weighted by molar-refractivity contribution is 5.82. The highest BCUT2D eigenvalue weighted by Crippen LogP contribution is 2.34. The quantitative estimate of drug-likeness (QED) is 0.673. The van der Waals surface area contributed by atoms with Crippen molar-refractivity contribution in [2.75, 3.05) is 20.3 Å². The van der Waals surface area contributed by atoms with Crippen molar-refractivity contribution in [1.82, 2.24) is 14.8 Å². The minimum absolute atomic E-state index is 0.181. The van der Waals surface area contributed by atoms with E-state index in [4.69, 9.17) is 14.6 Å². The molecule has 1 aliphatic rings. The summed E-state index contributed by atoms with van der Waals surface area (Å²) in [5, 5.41) is 5.60. The Kier molecular flexibility index (Phi) is 5.13. The summed E-state index contributed by atoms with van der Waals surface area (Å²) in [5.74, 6) is -1.52. The van der Waals surface area contributed by atoms with Crippen molar-refractivity contribution < 1.29 is 18.3 Å². The fraction of sp³-hybridized carbons (Fsp3) is 0.400. The molecule has 0 radical (unpaired) electrons. The molecule has 0 spiro atoms. The Bertz CT molecular complexity index is 938. The lowest BCUT2D eigenvalue weighted by Gasteiger charge is -2.23. The fourth-order valence-corrected chi connectivity index (χ4v) is 3.67. The van der Waals surface area contributed by atoms with Gasteiger partial charge in [-0.15, -0.1) is 0 Å². The molecular formula is C20H21F2N3O2. The Labute approximate surface area is 155 Å². The van der Waals surface area contributed by atoms with E-state index in [-0.39, 0.29) is 18.4 Å². The Hall–Kier alpha value is -2.38. The molecule has 0 bridgehead atoms. The molecule has 1 aromatic carbocycles. The Balaban J connectivity index is 1.86. The third-order valence-electron chi connectivity index (χ3n) is 4.96. The summed E-state index contributed by atoms with van der Waals surface area (Å²) in [6.45, 7) is 0.863. The molecule has 0 aliphatic carbocycles. The Morgan fingerprint density at radius 3 is 2.96 bits per heavy atom. The summed E-state index contributed by atoms with van der Waals surface area (Å²) < 4.78 is 41.3. The van der Waals surface area contributed by atoms with Crippen LogP contribution in [0.15, 0.2) is 36.7 Å². The van der Waals surface area contributed by atoms with Crippen LogP contribution >= 0.6 is 0 Å². The number of hydrogen-bond acceptors (Lipinski definition) is 4. The van der Waals surface area contributed by atoms with Gasteiger partial charge in [0.25, 0.3) is 0 Å². The summed E-state index contributed by atoms with van der Waals surface area (Å²) in [7, 11) is 1.54. The van der Waals surface area contributed by atoms with Crippen molar-refractivity contribution in [2.45, 2.75) is 31.4 Å². The monoisotopic (exact) mass is 373 g/mol. The van der Waals surface area contributed by atoms with Gasteiger partial charge >= 0.3 is 0 Å². The average Bonchev–Trinajstić information content (AvgIpc) is 3.08. The predicted molar refractivity (Wildman–Crippen MR) is 96.4 cm³/mol. The van der Waals surface area contributed by atoms with Crippen molar-refractivity contribution in [3.63, 3.8) is 0 Å². The lowest BCUT2D eigenvalue weighted by atomic mass is 9.94. The highest BCUT2D eigenvalue weighted by atomic mass is 19.1. The van der Waals surface area contributed by atoms with E-state index in [0.717, 1.165) is 42.3 Å². The van der Waals surface area contributed by atoms with Gasteiger partial charge in [0.15, 0.2) is 6.23 Å². The van der Waals surface area contributed by atoms with Crippen LogP contribution in [0.25, 0.3) is 10.9 Å². The standard InChI is InChI=1S/C20H21F2N3O2/c1-26-12-16(15-10-13(21)5-6-17(15)22)20-14-7-8-23-11-18(14)25(24-20)19-4-2-3-9-27-19/h5-8,10-11,16,19H,2-4,9,12H2,1H3. The number of halogens is 2. The summed E-state index contributed by atoms with van der Waals surface area (Å²) in [5.41, 5.74) is 1.68. The van der Waals surface area contributed by atoms with Gasteiger partial charge in [0.05, 0.1) is 29.9 Å². The predicted octanol–water partition coefficient (Wildman–Crippen LogP) is 4.19. The maximum Gasteiger partial charge on any atom is 0.150 e. The smallest absolute Gasteiger partial charge is 0.150 e. The van der Waals surface area contributed by atoms with Crippen molar-refractivity contribution in [2.24, 2.45) is 0 Å². The zero-order chi connectivity index (χ0) is 18.8. The van der Waals surface area contributed by atoms with Crippen LogP contribution in [0.1, 0.15) is 42.7 Å². The normalized spacial score (nSPS) is 18.7. The summed E-state index contributed by atoms with van der Waals surface area (Å²) in [6, 6.07) is 5.30. The van der Waals surface area contributed by atoms with Gasteiger partial charge in [-0.3, -0.25) is 4.98 Å². The van der Waals surface area contributed by atoms with Gasteiger partial charge in [-0.2, -0.15) is 5.10 Å². The van der Waals surface area contributed by atoms with Crippen molar-refractivity contribution in [3.05, 3.63) is 59.6 Å². The fourth-order valence-electron chi connectivity index (χ4n) is 3.67. The number of aromatic nitrogens is 3. The topological polar surface area (TPSA) is 49.2 Å². The molecule has 3 aromatic rings. The summed E-state index contributed by atoms with van der Waals surface area (Å²) in [6.07, 6.45) is 6.17. The second kappa shape index (κ2) is 7.70. The minimum Gasteiger partial charge on any atom is -0.384 e. The van der Waals surface area contributed by atoms with E-state index in [1.807, 2.05) is 10.7 Å². The molecule has 142 valence electrons. The molecule has 0 saturated carbocycles. The molecule has 1 saturated heterocycles. The van der Waals surface area contributed by atoms with Crippen LogP contribution in [0.4, 0.5) is 8.78 Å². The van der Waals surface area contributed by atoms with Gasteiger partial charge in [-0.05, 0) is 43.5 Å². The van der Waals surface area contributed by atoms with E-state index >= 15 is 0 Å². The van der Waals surface area contributed by atoms with Gasteiger partial charge in [0, 0.05) is 30.9 Å². The Morgan fingerprint density at radius 2 is 2.19 bits per heavy atom. The number of rotatable bonds is 5. The zero-order valence-corrected chi connectivity index (χ0v) is 15.1. The number of nitrogens with zero attached hydrogens (tertiary/aromatic N) is 3. The molecule has 5 nitrogen and oxygen atoms in total. The van der Waals surface area contributed by atoms with Gasteiger partial charge < -0.3 is 9.47 Å². The van der Waals surface area contributed by atoms with E-state index in [1.54, 1.807) is 12.4 Å². The van der Waals surface area contributed by atoms with Gasteiger partial charge in [0.2, 0.25) is 0 Å². The molecular weight excluding hydrogens is 352 g/mol. The molecule has 1 aliphatic heterocycles. The van der Waals surface area contributed by atoms with E-state index in [9.17, 15) is 8.78 Å². The van der Waals surface area contributed by atoms with Crippen LogP contribution < -0.4 is 0 Å². The second-order valence-corrected chi connectivity index (χ2v) is 6.72. The van der Waals surface area contributed by atoms with Crippen LogP contribution in [-0.2, 0) is 9.47 Å². The first-order valence-corrected chi connectivity index (χ1v) is 9.06. The van der Waals surface area contributed by atoms with E-state index in [1.165, 1.54) is 13.2 Å². The summed E-state index contributed by atoms with van der Waals surface area (Å²) >= 11 is 0. The van der Waals surface area contributed by atoms with Gasteiger partial charge in [-0.25, -0.2) is 13.5 Å². The van der Waals surface area contributed by atoms with Crippen LogP contribution in [0.3, 0.4) is 0 Å². The molecule has 0 N–H and O–H groups in total. The highest BCUT2D eigenvalue weighted by Gasteiger charge is 2.27. The van der Waals surface area contributed by atoms with Crippen LogP contribution in [0, 0.1) is 11.6 Å². The third-order valence-corrected chi connectivity index (χ3v) is 4.96. The van der Waals surface area contributed by atoms with E-state index in [0.29, 0.717) is 12.3 Å². The summed E-state index contributed by atoms with van der Waals surface area (Å²) in [4.78, 5) is 4.21. The maximum absolute atomic E-state index is 14.5. The lowest BCUT2D eigenvalue weighted by molar-refractivity contribution is -0.0370. The number of pyridine rings is 1. The van der Waals surface area contributed by atoms with Crippen LogP contribution in [0.2, 0.25) is 0 Å².